The Kier molecular flexibility index (Phi) is 4.04. The van der Waals surface area contributed by atoms with E-state index in [1.165, 1.54) is 58.0 Å². The smallest absolute Gasteiger partial charge is 0.141 e. The Morgan fingerprint density at radius 3 is 2.53 bits per heavy atom. The molecule has 0 aromatic rings. The van der Waals surface area contributed by atoms with Gasteiger partial charge in [-0.15, -0.1) is 0 Å². The molecule has 0 radical (unpaired) electrons. The lowest BCUT2D eigenvalue weighted by Crippen LogP contribution is -3.19. The maximum atomic E-state index is 6.30. The zero-order valence-corrected chi connectivity index (χ0v) is 10.2. The SMILES string of the molecule is CC1CCC[NH+](CC2CCCCC2)C1N. The predicted molar refractivity (Wildman–Crippen MR) is 63.6 cm³/mol. The van der Waals surface area contributed by atoms with Crippen molar-refractivity contribution in [2.45, 2.75) is 58.0 Å². The number of piperidine rings is 1. The Balaban J connectivity index is 1.81. The van der Waals surface area contributed by atoms with E-state index < -0.39 is 0 Å². The molecule has 0 bridgehead atoms. The summed E-state index contributed by atoms with van der Waals surface area (Å²) >= 11 is 0. The summed E-state index contributed by atoms with van der Waals surface area (Å²) in [5.41, 5.74) is 6.30. The van der Waals surface area contributed by atoms with Crippen molar-refractivity contribution >= 4 is 0 Å². The number of likely N-dealkylation sites (tertiary alicyclic amines) is 1. The number of hydrogen-bond acceptors (Lipinski definition) is 1. The standard InChI is InChI=1S/C13H26N2/c1-11-6-5-9-15(13(11)14)10-12-7-3-2-4-8-12/h11-13H,2-10,14H2,1H3/p+1. The maximum absolute atomic E-state index is 6.30. The molecule has 2 heteroatoms. The van der Waals surface area contributed by atoms with Crippen LogP contribution in [0.3, 0.4) is 0 Å². The van der Waals surface area contributed by atoms with Crippen LogP contribution in [0.4, 0.5) is 0 Å². The fourth-order valence-electron chi connectivity index (χ4n) is 3.40. The second-order valence-electron chi connectivity index (χ2n) is 5.76. The molecule has 2 fully saturated rings. The van der Waals surface area contributed by atoms with Gasteiger partial charge in [0, 0.05) is 11.8 Å². The van der Waals surface area contributed by atoms with Crippen LogP contribution in [0.2, 0.25) is 0 Å². The van der Waals surface area contributed by atoms with E-state index in [2.05, 4.69) is 6.92 Å². The number of rotatable bonds is 2. The lowest BCUT2D eigenvalue weighted by atomic mass is 9.87. The lowest BCUT2D eigenvalue weighted by Gasteiger charge is -2.37. The molecule has 0 aromatic heterocycles. The third-order valence-electron chi connectivity index (χ3n) is 4.52. The third kappa shape index (κ3) is 2.94. The van der Waals surface area contributed by atoms with Crippen molar-refractivity contribution in [2.24, 2.45) is 17.6 Å². The molecule has 3 N–H and O–H groups in total. The van der Waals surface area contributed by atoms with Crippen LogP contribution >= 0.6 is 0 Å². The molecule has 15 heavy (non-hydrogen) atoms. The maximum Gasteiger partial charge on any atom is 0.141 e. The van der Waals surface area contributed by atoms with E-state index in [-0.39, 0.29) is 0 Å². The van der Waals surface area contributed by atoms with Crippen molar-refractivity contribution in [3.63, 3.8) is 0 Å². The van der Waals surface area contributed by atoms with Crippen LogP contribution in [0.15, 0.2) is 0 Å². The van der Waals surface area contributed by atoms with E-state index >= 15 is 0 Å². The summed E-state index contributed by atoms with van der Waals surface area (Å²) in [6, 6.07) is 0. The number of nitrogens with one attached hydrogen (secondary N) is 1. The minimum absolute atomic E-state index is 0.417. The molecular formula is C13H27N2+. The van der Waals surface area contributed by atoms with Crippen molar-refractivity contribution < 1.29 is 4.90 Å². The van der Waals surface area contributed by atoms with Crippen molar-refractivity contribution in [3.8, 4) is 0 Å². The second kappa shape index (κ2) is 5.31. The predicted octanol–water partition coefficient (Wildman–Crippen LogP) is 1.17. The highest BCUT2D eigenvalue weighted by Crippen LogP contribution is 2.22. The molecule has 1 saturated heterocycles. The minimum atomic E-state index is 0.417. The van der Waals surface area contributed by atoms with Gasteiger partial charge in [0.2, 0.25) is 0 Å². The molecule has 3 atom stereocenters. The molecule has 2 aliphatic rings. The molecule has 2 rings (SSSR count). The van der Waals surface area contributed by atoms with Crippen molar-refractivity contribution in [3.05, 3.63) is 0 Å². The molecule has 88 valence electrons. The van der Waals surface area contributed by atoms with Gasteiger partial charge >= 0.3 is 0 Å². The molecule has 1 aliphatic carbocycles. The summed E-state index contributed by atoms with van der Waals surface area (Å²) in [6.07, 6.45) is 10.5. The Morgan fingerprint density at radius 2 is 1.80 bits per heavy atom. The summed E-state index contributed by atoms with van der Waals surface area (Å²) < 4.78 is 0. The van der Waals surface area contributed by atoms with Gasteiger partial charge in [-0.05, 0) is 25.7 Å². The highest BCUT2D eigenvalue weighted by Gasteiger charge is 2.30. The zero-order valence-electron chi connectivity index (χ0n) is 10.2. The quantitative estimate of drug-likeness (QED) is 0.705. The van der Waals surface area contributed by atoms with Gasteiger partial charge in [0.15, 0.2) is 0 Å². The molecule has 2 nitrogen and oxygen atoms in total. The summed E-state index contributed by atoms with van der Waals surface area (Å²) in [5.74, 6) is 1.71. The van der Waals surface area contributed by atoms with Crippen LogP contribution in [0.5, 0.6) is 0 Å². The average molecular weight is 211 g/mol. The van der Waals surface area contributed by atoms with Gasteiger partial charge in [-0.2, -0.15) is 0 Å². The molecule has 1 heterocycles. The van der Waals surface area contributed by atoms with Crippen LogP contribution in [0, 0.1) is 11.8 Å². The Bertz CT molecular complexity index is 187. The summed E-state index contributed by atoms with van der Waals surface area (Å²) in [7, 11) is 0. The van der Waals surface area contributed by atoms with Crippen LogP contribution < -0.4 is 10.6 Å². The van der Waals surface area contributed by atoms with Gasteiger partial charge in [-0.3, -0.25) is 5.73 Å². The van der Waals surface area contributed by atoms with Gasteiger partial charge in [-0.25, -0.2) is 0 Å². The van der Waals surface area contributed by atoms with Crippen LogP contribution in [0.25, 0.3) is 0 Å². The lowest BCUT2D eigenvalue weighted by molar-refractivity contribution is -0.937. The molecule has 1 aliphatic heterocycles. The fourth-order valence-corrected chi connectivity index (χ4v) is 3.40. The van der Waals surface area contributed by atoms with Crippen LogP contribution in [-0.4, -0.2) is 19.3 Å². The molecular weight excluding hydrogens is 184 g/mol. The van der Waals surface area contributed by atoms with E-state index in [1.54, 1.807) is 4.90 Å². The van der Waals surface area contributed by atoms with Gasteiger partial charge in [-0.1, -0.05) is 26.2 Å². The topological polar surface area (TPSA) is 30.5 Å². The van der Waals surface area contributed by atoms with E-state index in [0.29, 0.717) is 6.17 Å². The largest absolute Gasteiger partial charge is 0.320 e. The fraction of sp³-hybridized carbons (Fsp3) is 1.00. The minimum Gasteiger partial charge on any atom is -0.320 e. The van der Waals surface area contributed by atoms with Crippen molar-refractivity contribution in [1.82, 2.24) is 0 Å². The van der Waals surface area contributed by atoms with Gasteiger partial charge in [0.25, 0.3) is 0 Å². The number of nitrogens with two attached hydrogens (primary N) is 1. The summed E-state index contributed by atoms with van der Waals surface area (Å²) in [4.78, 5) is 1.70. The van der Waals surface area contributed by atoms with Gasteiger partial charge in [0.1, 0.15) is 6.17 Å². The van der Waals surface area contributed by atoms with Gasteiger partial charge in [0.05, 0.1) is 13.1 Å². The Morgan fingerprint density at radius 1 is 1.07 bits per heavy atom. The van der Waals surface area contributed by atoms with E-state index in [1.807, 2.05) is 0 Å². The normalized spacial score (nSPS) is 39.2. The Labute approximate surface area is 94.2 Å². The number of quaternary nitrogens is 1. The molecule has 0 amide bonds. The van der Waals surface area contributed by atoms with Gasteiger partial charge < -0.3 is 4.90 Å². The van der Waals surface area contributed by atoms with E-state index in [9.17, 15) is 0 Å². The first-order valence-corrected chi connectivity index (χ1v) is 6.87. The first-order valence-electron chi connectivity index (χ1n) is 6.87. The average Bonchev–Trinajstić information content (AvgIpc) is 2.26. The van der Waals surface area contributed by atoms with Crippen molar-refractivity contribution in [1.29, 1.82) is 0 Å². The van der Waals surface area contributed by atoms with E-state index in [4.69, 9.17) is 5.73 Å². The van der Waals surface area contributed by atoms with E-state index in [0.717, 1.165) is 11.8 Å². The molecule has 0 spiro atoms. The summed E-state index contributed by atoms with van der Waals surface area (Å²) in [6.45, 7) is 5.00. The molecule has 1 saturated carbocycles. The first kappa shape index (κ1) is 11.4. The molecule has 0 aromatic carbocycles. The van der Waals surface area contributed by atoms with Crippen molar-refractivity contribution in [2.75, 3.05) is 13.1 Å². The second-order valence-corrected chi connectivity index (χ2v) is 5.76. The molecule has 3 unspecified atom stereocenters. The zero-order chi connectivity index (χ0) is 10.7. The monoisotopic (exact) mass is 211 g/mol. The number of hydrogen-bond donors (Lipinski definition) is 2. The van der Waals surface area contributed by atoms with Crippen LogP contribution in [0.1, 0.15) is 51.9 Å². The van der Waals surface area contributed by atoms with Crippen LogP contribution in [-0.2, 0) is 0 Å². The highest BCUT2D eigenvalue weighted by atomic mass is 15.2. The third-order valence-corrected chi connectivity index (χ3v) is 4.52. The highest BCUT2D eigenvalue weighted by molar-refractivity contribution is 4.68. The first-order chi connectivity index (χ1) is 7.27. The Hall–Kier alpha value is -0.0800. The summed E-state index contributed by atoms with van der Waals surface area (Å²) in [5, 5.41) is 0.